The number of likely N-dealkylation sites (tertiary alicyclic amines) is 1. The zero-order valence-corrected chi connectivity index (χ0v) is 16.7. The van der Waals surface area contributed by atoms with E-state index in [1.165, 1.54) is 29.7 Å². The molecule has 3 rings (SSSR count). The molecular formula is C23H31N3O. The molecule has 0 aromatic heterocycles. The lowest BCUT2D eigenvalue weighted by atomic mass is 10.0. The lowest BCUT2D eigenvalue weighted by molar-refractivity contribution is -0.120. The van der Waals surface area contributed by atoms with Gasteiger partial charge in [0.1, 0.15) is 0 Å². The van der Waals surface area contributed by atoms with Crippen molar-refractivity contribution >= 4 is 11.6 Å². The molecule has 0 unspecified atom stereocenters. The number of hydrogen-bond donors (Lipinski definition) is 1. The highest BCUT2D eigenvalue weighted by atomic mass is 16.1. The fraction of sp³-hybridized carbons (Fsp3) is 0.435. The number of nitrogens with zero attached hydrogens (tertiary/aromatic N) is 2. The number of amides is 1. The van der Waals surface area contributed by atoms with Crippen LogP contribution in [0.2, 0.25) is 0 Å². The Hall–Kier alpha value is -2.33. The van der Waals surface area contributed by atoms with E-state index in [0.717, 1.165) is 18.7 Å². The second-order valence-electron chi connectivity index (χ2n) is 7.71. The van der Waals surface area contributed by atoms with Crippen LogP contribution in [0.1, 0.15) is 35.6 Å². The SMILES string of the molecule is Cc1cccc(CC(=O)NC[C@H](c2ccc(N(C)C)cc2)N2CCCC2)c1. The summed E-state index contributed by atoms with van der Waals surface area (Å²) < 4.78 is 0. The third kappa shape index (κ3) is 5.33. The van der Waals surface area contributed by atoms with Gasteiger partial charge in [0.15, 0.2) is 0 Å². The molecule has 0 aliphatic carbocycles. The van der Waals surface area contributed by atoms with Crippen molar-refractivity contribution in [3.63, 3.8) is 0 Å². The maximum Gasteiger partial charge on any atom is 0.224 e. The van der Waals surface area contributed by atoms with Gasteiger partial charge in [-0.1, -0.05) is 42.0 Å². The molecule has 0 bridgehead atoms. The first-order chi connectivity index (χ1) is 13.0. The second-order valence-corrected chi connectivity index (χ2v) is 7.71. The number of aryl methyl sites for hydroxylation is 1. The molecule has 1 saturated heterocycles. The van der Waals surface area contributed by atoms with Crippen molar-refractivity contribution in [3.8, 4) is 0 Å². The van der Waals surface area contributed by atoms with Gasteiger partial charge in [0, 0.05) is 26.3 Å². The van der Waals surface area contributed by atoms with Crippen molar-refractivity contribution in [1.29, 1.82) is 0 Å². The van der Waals surface area contributed by atoms with Crippen LogP contribution in [0.25, 0.3) is 0 Å². The number of hydrogen-bond acceptors (Lipinski definition) is 3. The molecular weight excluding hydrogens is 334 g/mol. The quantitative estimate of drug-likeness (QED) is 0.815. The van der Waals surface area contributed by atoms with Gasteiger partial charge in [0.2, 0.25) is 5.91 Å². The maximum absolute atomic E-state index is 12.5. The van der Waals surface area contributed by atoms with Crippen LogP contribution >= 0.6 is 0 Å². The van der Waals surface area contributed by atoms with Crippen LogP contribution in [0.3, 0.4) is 0 Å². The van der Waals surface area contributed by atoms with E-state index in [1.54, 1.807) is 0 Å². The molecule has 2 aromatic rings. The standard InChI is InChI=1S/C23H31N3O/c1-18-7-6-8-19(15-18)16-23(27)24-17-22(26-13-4-5-14-26)20-9-11-21(12-10-20)25(2)3/h6-12,15,22H,4-5,13-14,16-17H2,1-3H3,(H,24,27)/t22-/m1/s1. The van der Waals surface area contributed by atoms with E-state index in [4.69, 9.17) is 0 Å². The van der Waals surface area contributed by atoms with Crippen LogP contribution in [0.5, 0.6) is 0 Å². The summed E-state index contributed by atoms with van der Waals surface area (Å²) in [6.45, 7) is 4.93. The monoisotopic (exact) mass is 365 g/mol. The van der Waals surface area contributed by atoms with E-state index in [0.29, 0.717) is 13.0 Å². The Morgan fingerprint density at radius 1 is 1.11 bits per heavy atom. The van der Waals surface area contributed by atoms with Crippen LogP contribution in [0, 0.1) is 6.92 Å². The number of benzene rings is 2. The summed E-state index contributed by atoms with van der Waals surface area (Å²) in [6.07, 6.45) is 2.92. The molecule has 1 heterocycles. The number of anilines is 1. The third-order valence-electron chi connectivity index (χ3n) is 5.32. The zero-order valence-electron chi connectivity index (χ0n) is 16.7. The zero-order chi connectivity index (χ0) is 19.2. The van der Waals surface area contributed by atoms with Crippen LogP contribution in [0.4, 0.5) is 5.69 Å². The van der Waals surface area contributed by atoms with Gasteiger partial charge in [0.05, 0.1) is 12.5 Å². The van der Waals surface area contributed by atoms with Crippen molar-refractivity contribution in [1.82, 2.24) is 10.2 Å². The highest BCUT2D eigenvalue weighted by molar-refractivity contribution is 5.78. The van der Waals surface area contributed by atoms with Crippen molar-refractivity contribution in [2.24, 2.45) is 0 Å². The molecule has 1 atom stereocenters. The summed E-state index contributed by atoms with van der Waals surface area (Å²) in [5.41, 5.74) is 4.73. The van der Waals surface area contributed by atoms with E-state index >= 15 is 0 Å². The first-order valence-electron chi connectivity index (χ1n) is 9.86. The molecule has 0 radical (unpaired) electrons. The predicted octanol–water partition coefficient (Wildman–Crippen LogP) is 3.56. The highest BCUT2D eigenvalue weighted by Gasteiger charge is 2.24. The van der Waals surface area contributed by atoms with Gasteiger partial charge < -0.3 is 10.2 Å². The first kappa shape index (κ1) is 19.4. The molecule has 2 aromatic carbocycles. The fourth-order valence-corrected chi connectivity index (χ4v) is 3.79. The van der Waals surface area contributed by atoms with E-state index in [9.17, 15) is 4.79 Å². The molecule has 1 aliphatic rings. The minimum atomic E-state index is 0.0923. The topological polar surface area (TPSA) is 35.6 Å². The van der Waals surface area contributed by atoms with Gasteiger partial charge in [-0.15, -0.1) is 0 Å². The molecule has 1 fully saturated rings. The molecule has 4 nitrogen and oxygen atoms in total. The summed E-state index contributed by atoms with van der Waals surface area (Å²) >= 11 is 0. The van der Waals surface area contributed by atoms with E-state index < -0.39 is 0 Å². The fourth-order valence-electron chi connectivity index (χ4n) is 3.79. The van der Waals surface area contributed by atoms with Gasteiger partial charge >= 0.3 is 0 Å². The lowest BCUT2D eigenvalue weighted by Gasteiger charge is -2.28. The average molecular weight is 366 g/mol. The van der Waals surface area contributed by atoms with Crippen LogP contribution in [0.15, 0.2) is 48.5 Å². The van der Waals surface area contributed by atoms with Gasteiger partial charge in [-0.05, 0) is 56.1 Å². The highest BCUT2D eigenvalue weighted by Crippen LogP contribution is 2.26. The average Bonchev–Trinajstić information content (AvgIpc) is 3.17. The molecule has 27 heavy (non-hydrogen) atoms. The molecule has 4 heteroatoms. The van der Waals surface area contributed by atoms with Crippen LogP contribution in [-0.4, -0.2) is 44.5 Å². The van der Waals surface area contributed by atoms with Gasteiger partial charge in [0.25, 0.3) is 0 Å². The summed E-state index contributed by atoms with van der Waals surface area (Å²) in [5.74, 6) is 0.0923. The first-order valence-corrected chi connectivity index (χ1v) is 9.86. The molecule has 1 aliphatic heterocycles. The number of carbonyl (C=O) groups excluding carboxylic acids is 1. The minimum Gasteiger partial charge on any atom is -0.378 e. The van der Waals surface area contributed by atoms with Gasteiger partial charge in [-0.3, -0.25) is 9.69 Å². The number of carbonyl (C=O) groups is 1. The summed E-state index contributed by atoms with van der Waals surface area (Å²) in [5, 5.41) is 3.17. The Morgan fingerprint density at radius 3 is 2.44 bits per heavy atom. The van der Waals surface area contributed by atoms with Crippen molar-refractivity contribution < 1.29 is 4.79 Å². The molecule has 0 spiro atoms. The minimum absolute atomic E-state index is 0.0923. The van der Waals surface area contributed by atoms with Crippen LogP contribution < -0.4 is 10.2 Å². The third-order valence-corrected chi connectivity index (χ3v) is 5.32. The number of rotatable bonds is 7. The Balaban J connectivity index is 1.65. The smallest absolute Gasteiger partial charge is 0.224 e. The van der Waals surface area contributed by atoms with Crippen LogP contribution in [-0.2, 0) is 11.2 Å². The van der Waals surface area contributed by atoms with Gasteiger partial charge in [-0.25, -0.2) is 0 Å². The summed E-state index contributed by atoms with van der Waals surface area (Å²) in [4.78, 5) is 17.1. The Morgan fingerprint density at radius 2 is 1.81 bits per heavy atom. The lowest BCUT2D eigenvalue weighted by Crippen LogP contribution is -2.37. The largest absolute Gasteiger partial charge is 0.378 e. The molecule has 1 amide bonds. The Bertz CT molecular complexity index is 748. The van der Waals surface area contributed by atoms with Crippen molar-refractivity contribution in [2.45, 2.75) is 32.2 Å². The Labute approximate surface area is 163 Å². The van der Waals surface area contributed by atoms with E-state index in [1.807, 2.05) is 12.1 Å². The van der Waals surface area contributed by atoms with E-state index in [-0.39, 0.29) is 11.9 Å². The van der Waals surface area contributed by atoms with Crippen molar-refractivity contribution in [2.75, 3.05) is 38.6 Å². The second kappa shape index (κ2) is 9.05. The maximum atomic E-state index is 12.5. The Kier molecular flexibility index (Phi) is 6.51. The number of nitrogens with one attached hydrogen (secondary N) is 1. The van der Waals surface area contributed by atoms with Crippen molar-refractivity contribution in [3.05, 3.63) is 65.2 Å². The predicted molar refractivity (Wildman–Crippen MR) is 112 cm³/mol. The van der Waals surface area contributed by atoms with E-state index in [2.05, 4.69) is 72.5 Å². The molecule has 0 saturated carbocycles. The summed E-state index contributed by atoms with van der Waals surface area (Å²) in [6, 6.07) is 17.1. The molecule has 144 valence electrons. The summed E-state index contributed by atoms with van der Waals surface area (Å²) in [7, 11) is 4.11. The molecule has 1 N–H and O–H groups in total. The van der Waals surface area contributed by atoms with Gasteiger partial charge in [-0.2, -0.15) is 0 Å². The normalized spacial score (nSPS) is 15.5.